The van der Waals surface area contributed by atoms with E-state index in [2.05, 4.69) is 15.0 Å². The summed E-state index contributed by atoms with van der Waals surface area (Å²) in [5.74, 6) is 0.775. The molecule has 0 saturated heterocycles. The second-order valence-electron chi connectivity index (χ2n) is 2.58. The van der Waals surface area contributed by atoms with Crippen molar-refractivity contribution in [1.29, 1.82) is 0 Å². The molecular weight excluding hydrogens is 152 g/mol. The summed E-state index contributed by atoms with van der Waals surface area (Å²) in [7, 11) is 0. The maximum Gasteiger partial charge on any atom is 0.129 e. The Labute approximate surface area is 69.8 Å². The molecule has 0 aromatic carbocycles. The normalized spacial score (nSPS) is 13.1. The van der Waals surface area contributed by atoms with Gasteiger partial charge >= 0.3 is 0 Å². The van der Waals surface area contributed by atoms with Crippen molar-refractivity contribution in [2.24, 2.45) is 5.73 Å². The van der Waals surface area contributed by atoms with E-state index in [0.717, 1.165) is 11.5 Å². The Balaban J connectivity index is 2.27. The van der Waals surface area contributed by atoms with E-state index in [1.807, 2.05) is 18.3 Å². The summed E-state index contributed by atoms with van der Waals surface area (Å²) in [6, 6.07) is 3.67. The molecule has 2 aromatic rings. The van der Waals surface area contributed by atoms with E-state index < -0.39 is 0 Å². The van der Waals surface area contributed by atoms with E-state index in [1.165, 1.54) is 0 Å². The molecule has 1 unspecified atom stereocenters. The van der Waals surface area contributed by atoms with Gasteiger partial charge in [0.1, 0.15) is 11.9 Å². The van der Waals surface area contributed by atoms with Crippen LogP contribution < -0.4 is 5.73 Å². The van der Waals surface area contributed by atoms with E-state index in [0.29, 0.717) is 0 Å². The average Bonchev–Trinajstić information content (AvgIpc) is 2.77. The number of H-pyrrole nitrogens is 2. The highest BCUT2D eigenvalue weighted by atomic mass is 14.9. The highest BCUT2D eigenvalue weighted by Crippen LogP contribution is 2.12. The number of aromatic amines is 2. The van der Waals surface area contributed by atoms with E-state index >= 15 is 0 Å². The van der Waals surface area contributed by atoms with Crippen molar-refractivity contribution in [2.75, 3.05) is 0 Å². The van der Waals surface area contributed by atoms with Gasteiger partial charge in [0.15, 0.2) is 0 Å². The number of hydrogen-bond donors (Lipinski definition) is 3. The van der Waals surface area contributed by atoms with Crippen molar-refractivity contribution in [1.82, 2.24) is 15.0 Å². The van der Waals surface area contributed by atoms with Gasteiger partial charge in [-0.25, -0.2) is 4.98 Å². The van der Waals surface area contributed by atoms with Crippen LogP contribution in [0.2, 0.25) is 0 Å². The second kappa shape index (κ2) is 2.83. The molecule has 0 spiro atoms. The lowest BCUT2D eigenvalue weighted by molar-refractivity contribution is 0.777. The average molecular weight is 162 g/mol. The first-order chi connectivity index (χ1) is 5.88. The highest BCUT2D eigenvalue weighted by molar-refractivity contribution is 5.16. The van der Waals surface area contributed by atoms with Crippen LogP contribution in [0.4, 0.5) is 0 Å². The third kappa shape index (κ3) is 1.12. The van der Waals surface area contributed by atoms with Gasteiger partial charge in [0.05, 0.1) is 0 Å². The molecule has 0 aliphatic heterocycles. The van der Waals surface area contributed by atoms with Crippen LogP contribution in [0.25, 0.3) is 0 Å². The Hall–Kier alpha value is -1.55. The number of rotatable bonds is 2. The monoisotopic (exact) mass is 162 g/mol. The number of nitrogens with zero attached hydrogens (tertiary/aromatic N) is 1. The van der Waals surface area contributed by atoms with Crippen LogP contribution >= 0.6 is 0 Å². The first kappa shape index (κ1) is 7.12. The lowest BCUT2D eigenvalue weighted by Crippen LogP contribution is -2.13. The lowest BCUT2D eigenvalue weighted by atomic mass is 10.2. The zero-order valence-corrected chi connectivity index (χ0v) is 6.49. The van der Waals surface area contributed by atoms with Crippen LogP contribution in [0.3, 0.4) is 0 Å². The molecule has 4 heteroatoms. The Morgan fingerprint density at radius 3 is 2.83 bits per heavy atom. The fraction of sp³-hybridized carbons (Fsp3) is 0.125. The molecule has 0 aliphatic rings. The first-order valence-electron chi connectivity index (χ1n) is 3.76. The lowest BCUT2D eigenvalue weighted by Gasteiger charge is -2.05. The molecule has 2 aromatic heterocycles. The summed E-state index contributed by atoms with van der Waals surface area (Å²) < 4.78 is 0. The van der Waals surface area contributed by atoms with E-state index in [1.54, 1.807) is 12.4 Å². The number of hydrogen-bond acceptors (Lipinski definition) is 2. The van der Waals surface area contributed by atoms with Crippen LogP contribution in [0.5, 0.6) is 0 Å². The van der Waals surface area contributed by atoms with Crippen molar-refractivity contribution < 1.29 is 0 Å². The Bertz CT molecular complexity index is 288. The van der Waals surface area contributed by atoms with Crippen LogP contribution in [0, 0.1) is 0 Å². The molecular formula is C8H10N4. The minimum absolute atomic E-state index is 0.185. The summed E-state index contributed by atoms with van der Waals surface area (Å²) in [4.78, 5) is 10.1. The van der Waals surface area contributed by atoms with Gasteiger partial charge < -0.3 is 15.7 Å². The summed E-state index contributed by atoms with van der Waals surface area (Å²) in [5.41, 5.74) is 6.84. The van der Waals surface area contributed by atoms with Crippen molar-refractivity contribution in [3.8, 4) is 0 Å². The van der Waals surface area contributed by atoms with Gasteiger partial charge in [0.25, 0.3) is 0 Å². The SMILES string of the molecule is NC(c1ccc[nH]1)c1ncc[nH]1. The fourth-order valence-corrected chi connectivity index (χ4v) is 1.13. The first-order valence-corrected chi connectivity index (χ1v) is 3.76. The van der Waals surface area contributed by atoms with Gasteiger partial charge in [-0.2, -0.15) is 0 Å². The Morgan fingerprint density at radius 2 is 2.25 bits per heavy atom. The van der Waals surface area contributed by atoms with Gasteiger partial charge in [-0.05, 0) is 12.1 Å². The molecule has 2 heterocycles. The number of nitrogens with one attached hydrogen (secondary N) is 2. The maximum absolute atomic E-state index is 5.88. The largest absolute Gasteiger partial charge is 0.363 e. The van der Waals surface area contributed by atoms with Crippen molar-refractivity contribution in [3.05, 3.63) is 42.2 Å². The van der Waals surface area contributed by atoms with Crippen LogP contribution in [-0.4, -0.2) is 15.0 Å². The van der Waals surface area contributed by atoms with Crippen molar-refractivity contribution in [3.63, 3.8) is 0 Å². The summed E-state index contributed by atoms with van der Waals surface area (Å²) >= 11 is 0. The standard InChI is InChI=1S/C8H10N4/c9-7(6-2-1-3-10-6)8-11-4-5-12-8/h1-5,7,10H,9H2,(H,11,12). The second-order valence-corrected chi connectivity index (χ2v) is 2.58. The third-order valence-electron chi connectivity index (χ3n) is 1.77. The molecule has 0 amide bonds. The van der Waals surface area contributed by atoms with Crippen LogP contribution in [-0.2, 0) is 0 Å². The van der Waals surface area contributed by atoms with Crippen LogP contribution in [0.1, 0.15) is 17.6 Å². The zero-order chi connectivity index (χ0) is 8.39. The molecule has 62 valence electrons. The molecule has 4 nitrogen and oxygen atoms in total. The molecule has 4 N–H and O–H groups in total. The predicted octanol–water partition coefficient (Wildman–Crippen LogP) is 0.786. The quantitative estimate of drug-likeness (QED) is 0.610. The van der Waals surface area contributed by atoms with Gasteiger partial charge in [0.2, 0.25) is 0 Å². The number of aromatic nitrogens is 3. The van der Waals surface area contributed by atoms with E-state index in [4.69, 9.17) is 5.73 Å². The van der Waals surface area contributed by atoms with E-state index in [9.17, 15) is 0 Å². The number of imidazole rings is 1. The van der Waals surface area contributed by atoms with Gasteiger partial charge in [-0.3, -0.25) is 0 Å². The molecule has 0 saturated carbocycles. The minimum atomic E-state index is -0.185. The summed E-state index contributed by atoms with van der Waals surface area (Å²) in [6.07, 6.45) is 5.30. The minimum Gasteiger partial charge on any atom is -0.363 e. The van der Waals surface area contributed by atoms with Gasteiger partial charge in [0, 0.05) is 24.3 Å². The molecule has 0 aliphatic carbocycles. The topological polar surface area (TPSA) is 70.5 Å². The van der Waals surface area contributed by atoms with Crippen molar-refractivity contribution in [2.45, 2.75) is 6.04 Å². The van der Waals surface area contributed by atoms with Crippen molar-refractivity contribution >= 4 is 0 Å². The predicted molar refractivity (Wildman–Crippen MR) is 45.4 cm³/mol. The molecule has 0 fully saturated rings. The molecule has 2 rings (SSSR count). The third-order valence-corrected chi connectivity index (χ3v) is 1.77. The molecule has 1 atom stereocenters. The van der Waals surface area contributed by atoms with Crippen LogP contribution in [0.15, 0.2) is 30.7 Å². The molecule has 0 radical (unpaired) electrons. The summed E-state index contributed by atoms with van der Waals surface area (Å²) in [6.45, 7) is 0. The highest BCUT2D eigenvalue weighted by Gasteiger charge is 2.10. The molecule has 0 bridgehead atoms. The fourth-order valence-electron chi connectivity index (χ4n) is 1.13. The smallest absolute Gasteiger partial charge is 0.129 e. The van der Waals surface area contributed by atoms with Gasteiger partial charge in [-0.15, -0.1) is 0 Å². The summed E-state index contributed by atoms with van der Waals surface area (Å²) in [5, 5.41) is 0. The van der Waals surface area contributed by atoms with E-state index in [-0.39, 0.29) is 6.04 Å². The zero-order valence-electron chi connectivity index (χ0n) is 6.49. The van der Waals surface area contributed by atoms with Gasteiger partial charge in [-0.1, -0.05) is 0 Å². The maximum atomic E-state index is 5.88. The number of nitrogens with two attached hydrogens (primary N) is 1. The Morgan fingerprint density at radius 1 is 1.33 bits per heavy atom. The molecule has 12 heavy (non-hydrogen) atoms. The Kier molecular flexibility index (Phi) is 1.68.